The summed E-state index contributed by atoms with van der Waals surface area (Å²) in [5.74, 6) is 1.23. The van der Waals surface area contributed by atoms with Crippen LogP contribution in [0.2, 0.25) is 0 Å². The lowest BCUT2D eigenvalue weighted by molar-refractivity contribution is -0.130. The summed E-state index contributed by atoms with van der Waals surface area (Å²) in [5.41, 5.74) is 3.29. The minimum atomic E-state index is -0.203. The number of hydrogen-bond acceptors (Lipinski definition) is 4. The van der Waals surface area contributed by atoms with Crippen LogP contribution in [-0.2, 0) is 22.4 Å². The lowest BCUT2D eigenvalue weighted by Crippen LogP contribution is -2.43. The van der Waals surface area contributed by atoms with Gasteiger partial charge in [0.25, 0.3) is 0 Å². The molecule has 6 nitrogen and oxygen atoms in total. The van der Waals surface area contributed by atoms with Crippen LogP contribution in [0.4, 0.5) is 5.69 Å². The molecule has 4 rings (SSSR count). The normalized spacial score (nSPS) is 12.8. The molecule has 0 spiro atoms. The molecular weight excluding hydrogens is 402 g/mol. The Morgan fingerprint density at radius 2 is 1.44 bits per heavy atom. The van der Waals surface area contributed by atoms with Gasteiger partial charge in [-0.05, 0) is 60.4 Å². The summed E-state index contributed by atoms with van der Waals surface area (Å²) in [6.45, 7) is 0.188. The predicted octanol–water partition coefficient (Wildman–Crippen LogP) is 3.63. The fourth-order valence-corrected chi connectivity index (χ4v) is 3.86. The van der Waals surface area contributed by atoms with Gasteiger partial charge in [-0.25, -0.2) is 0 Å². The quantitative estimate of drug-likeness (QED) is 0.574. The lowest BCUT2D eigenvalue weighted by Gasteiger charge is -2.24. The number of para-hydroxylation sites is 1. The Kier molecular flexibility index (Phi) is 6.82. The van der Waals surface area contributed by atoms with Crippen molar-refractivity contribution in [2.24, 2.45) is 0 Å². The van der Waals surface area contributed by atoms with E-state index in [-0.39, 0.29) is 30.9 Å². The maximum Gasteiger partial charge on any atom is 0.238 e. The highest BCUT2D eigenvalue weighted by atomic mass is 16.5. The minimum Gasteiger partial charge on any atom is -0.457 e. The number of nitrogens with one attached hydrogen (secondary N) is 2. The van der Waals surface area contributed by atoms with E-state index < -0.39 is 0 Å². The van der Waals surface area contributed by atoms with Crippen LogP contribution < -0.4 is 15.4 Å². The van der Waals surface area contributed by atoms with Crippen LogP contribution in [0.25, 0.3) is 0 Å². The van der Waals surface area contributed by atoms with E-state index >= 15 is 0 Å². The van der Waals surface area contributed by atoms with Gasteiger partial charge in [-0.3, -0.25) is 14.9 Å². The highest BCUT2D eigenvalue weighted by molar-refractivity contribution is 5.92. The van der Waals surface area contributed by atoms with Gasteiger partial charge in [-0.1, -0.05) is 42.5 Å². The second-order valence-electron chi connectivity index (χ2n) is 7.93. The van der Waals surface area contributed by atoms with E-state index in [1.165, 1.54) is 11.1 Å². The third-order valence-electron chi connectivity index (χ3n) is 5.65. The largest absolute Gasteiger partial charge is 0.457 e. The topological polar surface area (TPSA) is 70.7 Å². The van der Waals surface area contributed by atoms with Crippen LogP contribution in [-0.4, -0.2) is 42.9 Å². The number of amides is 2. The average molecular weight is 430 g/mol. The molecule has 2 amide bonds. The Hall–Kier alpha value is -3.64. The lowest BCUT2D eigenvalue weighted by atomic mass is 10.1. The van der Waals surface area contributed by atoms with Crippen molar-refractivity contribution >= 4 is 17.5 Å². The van der Waals surface area contributed by atoms with Crippen molar-refractivity contribution in [3.63, 3.8) is 0 Å². The van der Waals surface area contributed by atoms with E-state index in [2.05, 4.69) is 22.8 Å². The molecule has 1 aliphatic carbocycles. The first-order chi connectivity index (χ1) is 15.6. The van der Waals surface area contributed by atoms with Crippen molar-refractivity contribution in [2.75, 3.05) is 25.5 Å². The van der Waals surface area contributed by atoms with E-state index in [1.54, 1.807) is 29.2 Å². The Morgan fingerprint density at radius 1 is 0.844 bits per heavy atom. The molecule has 0 radical (unpaired) electrons. The summed E-state index contributed by atoms with van der Waals surface area (Å²) in [6.07, 6.45) is 1.76. The number of carbonyl (C=O) groups is 2. The van der Waals surface area contributed by atoms with Crippen LogP contribution in [0.1, 0.15) is 11.1 Å². The van der Waals surface area contributed by atoms with Crippen molar-refractivity contribution in [1.29, 1.82) is 0 Å². The molecule has 0 aliphatic heterocycles. The number of nitrogens with zero attached hydrogens (tertiary/aromatic N) is 1. The summed E-state index contributed by atoms with van der Waals surface area (Å²) in [4.78, 5) is 26.5. The number of hydrogen-bond donors (Lipinski definition) is 2. The van der Waals surface area contributed by atoms with Crippen LogP contribution in [0.5, 0.6) is 11.5 Å². The number of benzene rings is 3. The molecule has 0 atom stereocenters. The number of carbonyl (C=O) groups excluding carboxylic acids is 2. The minimum absolute atomic E-state index is 0.0157. The summed E-state index contributed by atoms with van der Waals surface area (Å²) in [6, 6.07) is 25.2. The van der Waals surface area contributed by atoms with Gasteiger partial charge in [0.2, 0.25) is 11.8 Å². The predicted molar refractivity (Wildman–Crippen MR) is 125 cm³/mol. The molecule has 1 aliphatic rings. The Morgan fingerprint density at radius 3 is 2.09 bits per heavy atom. The molecule has 32 heavy (non-hydrogen) atoms. The van der Waals surface area contributed by atoms with Gasteiger partial charge in [0.15, 0.2) is 0 Å². The first-order valence-corrected chi connectivity index (χ1v) is 10.7. The molecule has 3 aromatic rings. The summed E-state index contributed by atoms with van der Waals surface area (Å²) in [7, 11) is 1.83. The van der Waals surface area contributed by atoms with Crippen molar-refractivity contribution < 1.29 is 14.3 Å². The number of ether oxygens (including phenoxy) is 1. The Balaban J connectivity index is 1.18. The van der Waals surface area contributed by atoms with E-state index in [1.807, 2.05) is 49.5 Å². The van der Waals surface area contributed by atoms with Gasteiger partial charge in [-0.2, -0.15) is 0 Å². The molecule has 0 fully saturated rings. The summed E-state index contributed by atoms with van der Waals surface area (Å²) >= 11 is 0. The molecular formula is C26H27N3O3. The Bertz CT molecular complexity index is 1040. The monoisotopic (exact) mass is 429 g/mol. The van der Waals surface area contributed by atoms with Crippen molar-refractivity contribution in [2.45, 2.75) is 18.9 Å². The molecule has 0 saturated heterocycles. The first kappa shape index (κ1) is 21.6. The molecule has 0 bridgehead atoms. The molecule has 0 heterocycles. The maximum absolute atomic E-state index is 12.5. The van der Waals surface area contributed by atoms with Gasteiger partial charge in [-0.15, -0.1) is 0 Å². The number of likely N-dealkylation sites (N-methyl/N-ethyl adjacent to an activating group) is 1. The van der Waals surface area contributed by atoms with Crippen LogP contribution >= 0.6 is 0 Å². The molecule has 0 unspecified atom stereocenters. The highest BCUT2D eigenvalue weighted by Crippen LogP contribution is 2.25. The van der Waals surface area contributed by atoms with Gasteiger partial charge >= 0.3 is 0 Å². The zero-order valence-corrected chi connectivity index (χ0v) is 18.1. The second kappa shape index (κ2) is 10.1. The van der Waals surface area contributed by atoms with Crippen LogP contribution in [0.15, 0.2) is 78.9 Å². The summed E-state index contributed by atoms with van der Waals surface area (Å²) in [5, 5.41) is 5.77. The summed E-state index contributed by atoms with van der Waals surface area (Å²) < 4.78 is 5.75. The third-order valence-corrected chi connectivity index (χ3v) is 5.65. The molecule has 6 heteroatoms. The highest BCUT2D eigenvalue weighted by Gasteiger charge is 2.26. The zero-order chi connectivity index (χ0) is 22.3. The fourth-order valence-electron chi connectivity index (χ4n) is 3.86. The van der Waals surface area contributed by atoms with Crippen LogP contribution in [0.3, 0.4) is 0 Å². The smallest absolute Gasteiger partial charge is 0.238 e. The van der Waals surface area contributed by atoms with Gasteiger partial charge in [0.05, 0.1) is 13.1 Å². The number of rotatable bonds is 8. The molecule has 0 aromatic heterocycles. The maximum atomic E-state index is 12.5. The van der Waals surface area contributed by atoms with Gasteiger partial charge in [0, 0.05) is 18.8 Å². The number of fused-ring (bicyclic) bond motifs is 1. The average Bonchev–Trinajstić information content (AvgIpc) is 3.25. The van der Waals surface area contributed by atoms with Crippen molar-refractivity contribution in [3.05, 3.63) is 90.0 Å². The van der Waals surface area contributed by atoms with Gasteiger partial charge in [0.1, 0.15) is 11.5 Å². The second-order valence-corrected chi connectivity index (χ2v) is 7.93. The standard InChI is InChI=1S/C26H27N3O3/c1-29(22-15-19-7-5-6-8-20(19)16-22)26(31)18-27-17-25(30)28-21-11-13-24(14-12-21)32-23-9-3-2-4-10-23/h2-14,22,27H,15-18H2,1H3,(H,28,30). The zero-order valence-electron chi connectivity index (χ0n) is 18.1. The first-order valence-electron chi connectivity index (χ1n) is 10.7. The van der Waals surface area contributed by atoms with E-state index in [0.717, 1.165) is 18.6 Å². The Labute approximate surface area is 188 Å². The SMILES string of the molecule is CN(C(=O)CNCC(=O)Nc1ccc(Oc2ccccc2)cc1)C1Cc2ccccc2C1. The molecule has 2 N–H and O–H groups in total. The fraction of sp³-hybridized carbons (Fsp3) is 0.231. The molecule has 0 saturated carbocycles. The van der Waals surface area contributed by atoms with Crippen molar-refractivity contribution in [3.8, 4) is 11.5 Å². The van der Waals surface area contributed by atoms with Gasteiger partial charge < -0.3 is 15.0 Å². The van der Waals surface area contributed by atoms with E-state index in [4.69, 9.17) is 4.74 Å². The third kappa shape index (κ3) is 5.53. The molecule has 164 valence electrons. The van der Waals surface area contributed by atoms with Crippen molar-refractivity contribution in [1.82, 2.24) is 10.2 Å². The van der Waals surface area contributed by atoms with E-state index in [9.17, 15) is 9.59 Å². The molecule has 3 aromatic carbocycles. The number of anilines is 1. The van der Waals surface area contributed by atoms with Crippen LogP contribution in [0, 0.1) is 0 Å². The van der Waals surface area contributed by atoms with E-state index in [0.29, 0.717) is 11.4 Å².